The third-order valence-corrected chi connectivity index (χ3v) is 5.52. The average Bonchev–Trinajstić information content (AvgIpc) is 2.55. The van der Waals surface area contributed by atoms with E-state index in [2.05, 4.69) is 22.5 Å². The number of carbonyl (C=O) groups excluding carboxylic acids is 2. The van der Waals surface area contributed by atoms with Crippen LogP contribution in [0.1, 0.15) is 59.3 Å². The van der Waals surface area contributed by atoms with E-state index >= 15 is 0 Å². The number of likely N-dealkylation sites (tertiary alicyclic amines) is 1. The van der Waals surface area contributed by atoms with Crippen LogP contribution in [0.5, 0.6) is 0 Å². The maximum absolute atomic E-state index is 12.4. The zero-order valence-electron chi connectivity index (χ0n) is 15.6. The number of nitrogens with one attached hydrogen (secondary N) is 2. The van der Waals surface area contributed by atoms with Gasteiger partial charge in [-0.05, 0) is 44.1 Å². The normalized spacial score (nSPS) is 28.6. The number of rotatable bonds is 6. The molecule has 5 nitrogen and oxygen atoms in total. The molecule has 0 spiro atoms. The van der Waals surface area contributed by atoms with Crippen molar-refractivity contribution >= 4 is 11.8 Å². The Morgan fingerprint density at radius 1 is 1.12 bits per heavy atom. The second kappa shape index (κ2) is 9.40. The molecule has 2 N–H and O–H groups in total. The van der Waals surface area contributed by atoms with Crippen LogP contribution in [0.15, 0.2) is 0 Å². The standard InChI is InChI=1S/C19H35N3O2/c1-14(2)19(24)20-11-16-8-6-10-22(12-16)13-18(23)21-17-9-5-4-7-15(17)3/h14-17H,4-13H2,1-3H3,(H,20,24)(H,21,23). The molecule has 0 aromatic carbocycles. The fourth-order valence-electron chi connectivity index (χ4n) is 3.90. The molecular weight excluding hydrogens is 302 g/mol. The Morgan fingerprint density at radius 2 is 1.88 bits per heavy atom. The molecular formula is C19H35N3O2. The van der Waals surface area contributed by atoms with Gasteiger partial charge in [0, 0.05) is 25.0 Å². The van der Waals surface area contributed by atoms with Gasteiger partial charge in [-0.1, -0.05) is 33.6 Å². The minimum Gasteiger partial charge on any atom is -0.356 e. The van der Waals surface area contributed by atoms with E-state index in [9.17, 15) is 9.59 Å². The van der Waals surface area contributed by atoms with Crippen molar-refractivity contribution in [1.29, 1.82) is 0 Å². The van der Waals surface area contributed by atoms with Crippen LogP contribution < -0.4 is 10.6 Å². The Hall–Kier alpha value is -1.10. The molecule has 138 valence electrons. The maximum atomic E-state index is 12.4. The van der Waals surface area contributed by atoms with Crippen molar-refractivity contribution in [3.63, 3.8) is 0 Å². The summed E-state index contributed by atoms with van der Waals surface area (Å²) in [5.41, 5.74) is 0. The monoisotopic (exact) mass is 337 g/mol. The van der Waals surface area contributed by atoms with Crippen molar-refractivity contribution in [1.82, 2.24) is 15.5 Å². The lowest BCUT2D eigenvalue weighted by molar-refractivity contribution is -0.125. The minimum absolute atomic E-state index is 0.0351. The van der Waals surface area contributed by atoms with E-state index in [1.54, 1.807) is 0 Å². The van der Waals surface area contributed by atoms with E-state index in [-0.39, 0.29) is 17.7 Å². The number of hydrogen-bond acceptors (Lipinski definition) is 3. The van der Waals surface area contributed by atoms with Crippen molar-refractivity contribution in [2.24, 2.45) is 17.8 Å². The first-order chi connectivity index (χ1) is 11.5. The SMILES string of the molecule is CC(C)C(=O)NCC1CCCN(CC(=O)NC2CCCCC2C)C1. The Bertz CT molecular complexity index is 425. The first-order valence-electron chi connectivity index (χ1n) is 9.75. The largest absolute Gasteiger partial charge is 0.356 e. The van der Waals surface area contributed by atoms with Gasteiger partial charge in [-0.2, -0.15) is 0 Å². The van der Waals surface area contributed by atoms with Crippen LogP contribution in [-0.4, -0.2) is 48.9 Å². The minimum atomic E-state index is 0.0351. The fourth-order valence-corrected chi connectivity index (χ4v) is 3.90. The fraction of sp³-hybridized carbons (Fsp3) is 0.895. The van der Waals surface area contributed by atoms with Crippen LogP contribution in [0.25, 0.3) is 0 Å². The summed E-state index contributed by atoms with van der Waals surface area (Å²) in [7, 11) is 0. The molecule has 2 amide bonds. The summed E-state index contributed by atoms with van der Waals surface area (Å²) in [6, 6.07) is 0.358. The smallest absolute Gasteiger partial charge is 0.234 e. The molecule has 2 fully saturated rings. The quantitative estimate of drug-likeness (QED) is 0.781. The predicted molar refractivity (Wildman–Crippen MR) is 96.6 cm³/mol. The van der Waals surface area contributed by atoms with Crippen LogP contribution in [0.3, 0.4) is 0 Å². The molecule has 1 aliphatic carbocycles. The summed E-state index contributed by atoms with van der Waals surface area (Å²) >= 11 is 0. The predicted octanol–water partition coefficient (Wildman–Crippen LogP) is 2.17. The topological polar surface area (TPSA) is 61.4 Å². The zero-order valence-corrected chi connectivity index (χ0v) is 15.6. The van der Waals surface area contributed by atoms with Crippen LogP contribution in [0, 0.1) is 17.8 Å². The van der Waals surface area contributed by atoms with E-state index in [4.69, 9.17) is 0 Å². The molecule has 5 heteroatoms. The average molecular weight is 338 g/mol. The van der Waals surface area contributed by atoms with E-state index in [0.717, 1.165) is 38.9 Å². The number of carbonyl (C=O) groups is 2. The first kappa shape index (κ1) is 19.2. The third kappa shape index (κ3) is 6.08. The lowest BCUT2D eigenvalue weighted by Gasteiger charge is -2.34. The van der Waals surface area contributed by atoms with Gasteiger partial charge in [0.1, 0.15) is 0 Å². The van der Waals surface area contributed by atoms with Crippen LogP contribution in [0.4, 0.5) is 0 Å². The lowest BCUT2D eigenvalue weighted by atomic mass is 9.86. The molecule has 1 aliphatic heterocycles. The second-order valence-electron chi connectivity index (χ2n) is 8.08. The summed E-state index contributed by atoms with van der Waals surface area (Å²) in [5, 5.41) is 6.28. The van der Waals surface area contributed by atoms with Gasteiger partial charge in [0.2, 0.25) is 11.8 Å². The molecule has 0 bridgehead atoms. The highest BCUT2D eigenvalue weighted by Gasteiger charge is 2.25. The molecule has 2 rings (SSSR count). The lowest BCUT2D eigenvalue weighted by Crippen LogP contribution is -2.48. The van der Waals surface area contributed by atoms with Crippen molar-refractivity contribution < 1.29 is 9.59 Å². The second-order valence-corrected chi connectivity index (χ2v) is 8.08. The molecule has 1 saturated heterocycles. The molecule has 3 unspecified atom stereocenters. The highest BCUT2D eigenvalue weighted by molar-refractivity contribution is 5.78. The summed E-state index contributed by atoms with van der Waals surface area (Å²) in [6.45, 7) is 9.21. The molecule has 0 radical (unpaired) electrons. The van der Waals surface area contributed by atoms with Crippen LogP contribution >= 0.6 is 0 Å². The van der Waals surface area contributed by atoms with Gasteiger partial charge in [0.05, 0.1) is 6.54 Å². The number of hydrogen-bond donors (Lipinski definition) is 2. The summed E-state index contributed by atoms with van der Waals surface area (Å²) in [6.07, 6.45) is 7.12. The number of amides is 2. The number of nitrogens with zero attached hydrogens (tertiary/aromatic N) is 1. The molecule has 0 aromatic rings. The molecule has 1 saturated carbocycles. The zero-order chi connectivity index (χ0) is 17.5. The highest BCUT2D eigenvalue weighted by Crippen LogP contribution is 2.23. The third-order valence-electron chi connectivity index (χ3n) is 5.52. The maximum Gasteiger partial charge on any atom is 0.234 e. The highest BCUT2D eigenvalue weighted by atomic mass is 16.2. The Morgan fingerprint density at radius 3 is 2.58 bits per heavy atom. The molecule has 2 aliphatic rings. The van der Waals surface area contributed by atoms with Crippen molar-refractivity contribution in [2.45, 2.75) is 65.3 Å². The molecule has 3 atom stereocenters. The first-order valence-corrected chi connectivity index (χ1v) is 9.75. The Balaban J connectivity index is 1.71. The van der Waals surface area contributed by atoms with E-state index in [1.807, 2.05) is 13.8 Å². The van der Waals surface area contributed by atoms with E-state index in [0.29, 0.717) is 24.4 Å². The van der Waals surface area contributed by atoms with Gasteiger partial charge in [-0.25, -0.2) is 0 Å². The Kier molecular flexibility index (Phi) is 7.53. The van der Waals surface area contributed by atoms with Gasteiger partial charge in [-0.15, -0.1) is 0 Å². The van der Waals surface area contributed by atoms with Crippen molar-refractivity contribution in [3.8, 4) is 0 Å². The van der Waals surface area contributed by atoms with Crippen molar-refractivity contribution in [2.75, 3.05) is 26.2 Å². The van der Waals surface area contributed by atoms with Crippen LogP contribution in [0.2, 0.25) is 0 Å². The van der Waals surface area contributed by atoms with Gasteiger partial charge < -0.3 is 10.6 Å². The molecule has 1 heterocycles. The van der Waals surface area contributed by atoms with Gasteiger partial charge in [0.15, 0.2) is 0 Å². The van der Waals surface area contributed by atoms with Crippen molar-refractivity contribution in [3.05, 3.63) is 0 Å². The summed E-state index contributed by atoms with van der Waals surface area (Å²) < 4.78 is 0. The molecule has 0 aromatic heterocycles. The summed E-state index contributed by atoms with van der Waals surface area (Å²) in [5.74, 6) is 1.38. The van der Waals surface area contributed by atoms with Gasteiger partial charge in [0.25, 0.3) is 0 Å². The number of piperidine rings is 1. The molecule has 24 heavy (non-hydrogen) atoms. The Labute approximate surface area is 146 Å². The summed E-state index contributed by atoms with van der Waals surface area (Å²) in [4.78, 5) is 26.3. The van der Waals surface area contributed by atoms with Gasteiger partial charge >= 0.3 is 0 Å². The van der Waals surface area contributed by atoms with Gasteiger partial charge in [-0.3, -0.25) is 14.5 Å². The van der Waals surface area contributed by atoms with E-state index < -0.39 is 0 Å². The van der Waals surface area contributed by atoms with Crippen LogP contribution in [-0.2, 0) is 9.59 Å². The van der Waals surface area contributed by atoms with E-state index in [1.165, 1.54) is 19.3 Å².